The number of hydrogen-bond donors (Lipinski definition) is 4. The van der Waals surface area contributed by atoms with Gasteiger partial charge in [-0.05, 0) is 35.4 Å². The highest BCUT2D eigenvalue weighted by atomic mass is 16.2. The van der Waals surface area contributed by atoms with Crippen LogP contribution in [0.1, 0.15) is 12.6 Å². The number of amides is 3. The molecule has 2 aromatic carbocycles. The van der Waals surface area contributed by atoms with Crippen molar-refractivity contribution in [3.8, 4) is 28.2 Å². The quantitative estimate of drug-likeness (QED) is 0.394. The van der Waals surface area contributed by atoms with Gasteiger partial charge in [0, 0.05) is 12.5 Å². The van der Waals surface area contributed by atoms with Gasteiger partial charge in [-0.3, -0.25) is 4.79 Å². The number of anilines is 1. The molecule has 3 amide bonds. The van der Waals surface area contributed by atoms with Crippen LogP contribution in [0.4, 0.5) is 10.5 Å². The number of carbonyl (C=O) groups excluding carboxylic acids is 2. The summed E-state index contributed by atoms with van der Waals surface area (Å²) >= 11 is 0. The zero-order valence-corrected chi connectivity index (χ0v) is 16.9. The molecule has 4 rings (SSSR count). The molecule has 2 heterocycles. The second-order valence-electron chi connectivity index (χ2n) is 6.53. The van der Waals surface area contributed by atoms with Gasteiger partial charge in [0.2, 0.25) is 11.7 Å². The van der Waals surface area contributed by atoms with E-state index in [2.05, 4.69) is 36.8 Å². The first-order valence-corrected chi connectivity index (χ1v) is 9.17. The first kappa shape index (κ1) is 21.2. The summed E-state index contributed by atoms with van der Waals surface area (Å²) in [5.41, 5.74) is 14.8. The molecule has 0 aliphatic heterocycles. The Morgan fingerprint density at radius 1 is 0.968 bits per heavy atom. The van der Waals surface area contributed by atoms with Crippen LogP contribution in [0.2, 0.25) is 0 Å². The monoisotopic (exact) mass is 419 g/mol. The van der Waals surface area contributed by atoms with Crippen molar-refractivity contribution in [3.05, 3.63) is 60.4 Å². The van der Waals surface area contributed by atoms with Gasteiger partial charge in [0.05, 0.1) is 23.3 Å². The number of aromatic amines is 1. The van der Waals surface area contributed by atoms with Gasteiger partial charge in [0.25, 0.3) is 0 Å². The number of rotatable bonds is 4. The number of primary amides is 2. The predicted octanol–water partition coefficient (Wildman–Crippen LogP) is 2.01. The molecule has 2 aromatic heterocycles. The molecule has 0 atom stereocenters. The van der Waals surface area contributed by atoms with Gasteiger partial charge in [0.15, 0.2) is 0 Å². The average Bonchev–Trinajstić information content (AvgIpc) is 3.38. The molecule has 0 aliphatic rings. The van der Waals surface area contributed by atoms with Crippen molar-refractivity contribution in [2.75, 3.05) is 5.32 Å². The summed E-state index contributed by atoms with van der Waals surface area (Å²) in [6.45, 7) is 3.11. The number of nitrogens with one attached hydrogen (secondary N) is 2. The summed E-state index contributed by atoms with van der Waals surface area (Å²) < 4.78 is 1.70. The van der Waals surface area contributed by atoms with Gasteiger partial charge in [-0.15, -0.1) is 10.2 Å². The molecule has 0 saturated heterocycles. The number of tetrazole rings is 1. The molecule has 0 spiro atoms. The topological polar surface area (TPSA) is 170 Å². The molecule has 0 radical (unpaired) electrons. The number of benzene rings is 2. The number of aromatic nitrogens is 6. The molecule has 0 fully saturated rings. The van der Waals surface area contributed by atoms with E-state index in [1.54, 1.807) is 17.8 Å². The number of urea groups is 1. The Morgan fingerprint density at radius 2 is 1.52 bits per heavy atom. The van der Waals surface area contributed by atoms with Gasteiger partial charge >= 0.3 is 6.03 Å². The fourth-order valence-electron chi connectivity index (χ4n) is 2.75. The highest BCUT2D eigenvalue weighted by Gasteiger charge is 2.08. The summed E-state index contributed by atoms with van der Waals surface area (Å²) in [7, 11) is 0. The molecule has 11 nitrogen and oxygen atoms in total. The van der Waals surface area contributed by atoms with E-state index < -0.39 is 6.03 Å². The lowest BCUT2D eigenvalue weighted by Gasteiger charge is -2.05. The lowest BCUT2D eigenvalue weighted by atomic mass is 10.0. The van der Waals surface area contributed by atoms with E-state index in [0.717, 1.165) is 22.4 Å². The molecule has 0 unspecified atom stereocenters. The van der Waals surface area contributed by atoms with Gasteiger partial charge < -0.3 is 16.8 Å². The minimum absolute atomic E-state index is 0.333. The van der Waals surface area contributed by atoms with Crippen LogP contribution in [-0.4, -0.2) is 42.3 Å². The van der Waals surface area contributed by atoms with E-state index in [1.165, 1.54) is 6.92 Å². The Labute approximate surface area is 177 Å². The molecule has 4 aromatic rings. The van der Waals surface area contributed by atoms with Crippen molar-refractivity contribution in [1.82, 2.24) is 30.4 Å². The van der Waals surface area contributed by atoms with Crippen molar-refractivity contribution < 1.29 is 9.59 Å². The van der Waals surface area contributed by atoms with Crippen LogP contribution in [0.5, 0.6) is 0 Å². The summed E-state index contributed by atoms with van der Waals surface area (Å²) in [6, 6.07) is 15.2. The second kappa shape index (κ2) is 9.31. The fraction of sp³-hybridized carbons (Fsp3) is 0.100. The third kappa shape index (κ3) is 5.50. The fourth-order valence-corrected chi connectivity index (χ4v) is 2.75. The van der Waals surface area contributed by atoms with E-state index in [9.17, 15) is 9.59 Å². The number of nitrogens with zero attached hydrogens (tertiary/aromatic N) is 5. The summed E-state index contributed by atoms with van der Waals surface area (Å²) in [6.07, 6.45) is 1.73. The Hall–Kier alpha value is -4.54. The normalized spacial score (nSPS) is 10.1. The molecule has 158 valence electrons. The highest BCUT2D eigenvalue weighted by molar-refractivity contribution is 5.88. The summed E-state index contributed by atoms with van der Waals surface area (Å²) in [5, 5.41) is 20.9. The zero-order chi connectivity index (χ0) is 22.4. The van der Waals surface area contributed by atoms with E-state index in [1.807, 2.05) is 48.5 Å². The van der Waals surface area contributed by atoms with Crippen molar-refractivity contribution in [3.63, 3.8) is 0 Å². The van der Waals surface area contributed by atoms with Crippen molar-refractivity contribution in [1.29, 1.82) is 0 Å². The lowest BCUT2D eigenvalue weighted by Crippen LogP contribution is -2.19. The number of H-pyrrole nitrogens is 1. The minimum atomic E-state index is -0.614. The molecule has 6 N–H and O–H groups in total. The predicted molar refractivity (Wildman–Crippen MR) is 115 cm³/mol. The first-order valence-electron chi connectivity index (χ1n) is 9.17. The van der Waals surface area contributed by atoms with Crippen LogP contribution >= 0.6 is 0 Å². The smallest absolute Gasteiger partial charge is 0.316 e. The maximum Gasteiger partial charge on any atom is 0.316 e. The standard InChI is InChI=1S/C18H16N8O.C2H5NO/c1-11-16(20-18(19)27)10-26(23-11)15-8-6-13(7-9-15)12-2-4-14(5-3-12)17-21-24-25-22-17;1-2(3)4/h2-10H,1H3,(H3,19,20,27)(H,21,22,24,25);1H3,(H2,3,4). The third-order valence-electron chi connectivity index (χ3n) is 4.11. The zero-order valence-electron chi connectivity index (χ0n) is 16.9. The number of nitrogens with two attached hydrogens (primary N) is 2. The van der Waals surface area contributed by atoms with E-state index in [4.69, 9.17) is 5.73 Å². The van der Waals surface area contributed by atoms with Crippen LogP contribution < -0.4 is 16.8 Å². The van der Waals surface area contributed by atoms with E-state index >= 15 is 0 Å². The largest absolute Gasteiger partial charge is 0.370 e. The molecule has 0 bridgehead atoms. The average molecular weight is 419 g/mol. The second-order valence-corrected chi connectivity index (χ2v) is 6.53. The third-order valence-corrected chi connectivity index (χ3v) is 4.11. The van der Waals surface area contributed by atoms with Crippen molar-refractivity contribution in [2.24, 2.45) is 11.5 Å². The molecule has 11 heteroatoms. The Bertz CT molecular complexity index is 1160. The van der Waals surface area contributed by atoms with Gasteiger partial charge in [0.1, 0.15) is 0 Å². The highest BCUT2D eigenvalue weighted by Crippen LogP contribution is 2.24. The minimum Gasteiger partial charge on any atom is -0.370 e. The van der Waals surface area contributed by atoms with Crippen LogP contribution in [0.3, 0.4) is 0 Å². The molecule has 0 aliphatic carbocycles. The Balaban J connectivity index is 0.000000628. The van der Waals surface area contributed by atoms with Crippen LogP contribution in [0.15, 0.2) is 54.7 Å². The first-order chi connectivity index (χ1) is 14.8. The van der Waals surface area contributed by atoms with E-state index in [0.29, 0.717) is 17.2 Å². The van der Waals surface area contributed by atoms with Crippen LogP contribution in [-0.2, 0) is 4.79 Å². The number of hydrogen-bond acceptors (Lipinski definition) is 6. The Kier molecular flexibility index (Phi) is 6.36. The van der Waals surface area contributed by atoms with E-state index in [-0.39, 0.29) is 5.91 Å². The molecule has 0 saturated carbocycles. The number of carbonyl (C=O) groups is 2. The lowest BCUT2D eigenvalue weighted by molar-refractivity contribution is -0.115. The summed E-state index contributed by atoms with van der Waals surface area (Å²) in [4.78, 5) is 20.3. The SMILES string of the molecule is CC(N)=O.Cc1nn(-c2ccc(-c3ccc(-c4nn[nH]n4)cc3)cc2)cc1NC(N)=O. The molecule has 31 heavy (non-hydrogen) atoms. The van der Waals surface area contributed by atoms with Gasteiger partial charge in [-0.2, -0.15) is 10.3 Å². The Morgan fingerprint density at radius 3 is 2.03 bits per heavy atom. The van der Waals surface area contributed by atoms with Gasteiger partial charge in [-0.25, -0.2) is 9.48 Å². The summed E-state index contributed by atoms with van der Waals surface area (Å²) in [5.74, 6) is 0.228. The van der Waals surface area contributed by atoms with Crippen LogP contribution in [0, 0.1) is 6.92 Å². The maximum atomic E-state index is 11.0. The molecular formula is C20H21N9O2. The maximum absolute atomic E-state index is 11.0. The van der Waals surface area contributed by atoms with Crippen molar-refractivity contribution >= 4 is 17.6 Å². The van der Waals surface area contributed by atoms with Crippen LogP contribution in [0.25, 0.3) is 28.2 Å². The van der Waals surface area contributed by atoms with Crippen molar-refractivity contribution in [2.45, 2.75) is 13.8 Å². The molecular weight excluding hydrogens is 398 g/mol. The van der Waals surface area contributed by atoms with Gasteiger partial charge in [-0.1, -0.05) is 36.4 Å². The number of aryl methyl sites for hydroxylation is 1.